The van der Waals surface area contributed by atoms with E-state index in [2.05, 4.69) is 41.7 Å². The fourth-order valence-corrected chi connectivity index (χ4v) is 2.81. The van der Waals surface area contributed by atoms with Gasteiger partial charge in [0.15, 0.2) is 0 Å². The first-order valence-electron chi connectivity index (χ1n) is 7.18. The Hall–Kier alpha value is -2.48. The average Bonchev–Trinajstić information content (AvgIpc) is 2.53. The maximum atomic E-state index is 4.59. The third-order valence-electron chi connectivity index (χ3n) is 3.88. The Balaban J connectivity index is 2.28. The van der Waals surface area contributed by atoms with E-state index in [1.807, 2.05) is 43.6 Å². The van der Waals surface area contributed by atoms with Gasteiger partial charge in [0.1, 0.15) is 0 Å². The first kappa shape index (κ1) is 13.5. The van der Waals surface area contributed by atoms with E-state index in [1.54, 1.807) is 0 Å². The summed E-state index contributed by atoms with van der Waals surface area (Å²) in [7, 11) is 0. The zero-order valence-corrected chi connectivity index (χ0v) is 12.4. The largest absolute Gasteiger partial charge is 0.256 e. The van der Waals surface area contributed by atoms with Crippen molar-refractivity contribution in [1.29, 1.82) is 0 Å². The molecule has 3 rings (SSSR count). The van der Waals surface area contributed by atoms with Crippen molar-refractivity contribution in [3.8, 4) is 0 Å². The van der Waals surface area contributed by atoms with Crippen LogP contribution in [-0.4, -0.2) is 9.97 Å². The van der Waals surface area contributed by atoms with Gasteiger partial charge < -0.3 is 0 Å². The molecule has 1 unspecified atom stereocenters. The highest BCUT2D eigenvalue weighted by Crippen LogP contribution is 2.40. The molecular weight excluding hydrogens is 256 g/mol. The van der Waals surface area contributed by atoms with Crippen LogP contribution in [0.15, 0.2) is 49.3 Å². The van der Waals surface area contributed by atoms with E-state index >= 15 is 0 Å². The molecule has 104 valence electrons. The molecule has 0 amide bonds. The lowest BCUT2D eigenvalue weighted by molar-refractivity contribution is 0.913. The second-order valence-electron chi connectivity index (χ2n) is 5.16. The van der Waals surface area contributed by atoms with Crippen molar-refractivity contribution in [2.45, 2.75) is 13.8 Å². The van der Waals surface area contributed by atoms with Gasteiger partial charge in [0.05, 0.1) is 11.0 Å². The first-order valence-corrected chi connectivity index (χ1v) is 7.18. The van der Waals surface area contributed by atoms with Crippen LogP contribution in [0.25, 0.3) is 23.3 Å². The second kappa shape index (κ2) is 5.49. The number of hydrogen-bond acceptors (Lipinski definition) is 2. The average molecular weight is 274 g/mol. The van der Waals surface area contributed by atoms with Crippen molar-refractivity contribution in [2.24, 2.45) is 5.92 Å². The van der Waals surface area contributed by atoms with E-state index < -0.39 is 0 Å². The number of allylic oxidation sites excluding steroid dienone is 2. The Morgan fingerprint density at radius 1 is 1.14 bits per heavy atom. The molecule has 21 heavy (non-hydrogen) atoms. The third-order valence-corrected chi connectivity index (χ3v) is 3.88. The van der Waals surface area contributed by atoms with Gasteiger partial charge in [-0.15, -0.1) is 0 Å². The highest BCUT2D eigenvalue weighted by atomic mass is 14.7. The molecule has 1 atom stereocenters. The molecule has 1 aliphatic carbocycles. The van der Waals surface area contributed by atoms with Crippen LogP contribution in [0.5, 0.6) is 0 Å². The van der Waals surface area contributed by atoms with Gasteiger partial charge in [-0.1, -0.05) is 43.9 Å². The number of nitrogens with zero attached hydrogens (tertiary/aromatic N) is 2. The van der Waals surface area contributed by atoms with Crippen molar-refractivity contribution in [3.63, 3.8) is 0 Å². The van der Waals surface area contributed by atoms with Crippen LogP contribution in [0.1, 0.15) is 25.1 Å². The molecule has 2 aromatic heterocycles. The molecule has 0 radical (unpaired) electrons. The molecule has 0 aliphatic heterocycles. The van der Waals surface area contributed by atoms with Gasteiger partial charge in [-0.3, -0.25) is 9.97 Å². The third kappa shape index (κ3) is 2.23. The lowest BCUT2D eigenvalue weighted by Gasteiger charge is -2.27. The SMILES string of the molecule is C=Cc1cccnc1C1=CC(C)C1=c1ncccc1=CC. The van der Waals surface area contributed by atoms with Gasteiger partial charge in [-0.05, 0) is 29.8 Å². The van der Waals surface area contributed by atoms with Crippen LogP contribution in [-0.2, 0) is 0 Å². The Kier molecular flexibility index (Phi) is 3.53. The fraction of sp³-hybridized carbons (Fsp3) is 0.158. The van der Waals surface area contributed by atoms with E-state index in [0.717, 1.165) is 16.6 Å². The molecule has 2 heteroatoms. The van der Waals surface area contributed by atoms with E-state index in [-0.39, 0.29) is 0 Å². The minimum absolute atomic E-state index is 0.397. The van der Waals surface area contributed by atoms with Gasteiger partial charge >= 0.3 is 0 Å². The number of pyridine rings is 2. The zero-order valence-electron chi connectivity index (χ0n) is 12.4. The molecular formula is C19H18N2. The number of hydrogen-bond donors (Lipinski definition) is 0. The monoisotopic (exact) mass is 274 g/mol. The predicted molar refractivity (Wildman–Crippen MR) is 88.5 cm³/mol. The molecule has 1 aliphatic rings. The summed E-state index contributed by atoms with van der Waals surface area (Å²) < 4.78 is 0. The van der Waals surface area contributed by atoms with Gasteiger partial charge in [0.2, 0.25) is 0 Å². The first-order chi connectivity index (χ1) is 10.3. The Bertz CT molecular complexity index is 844. The normalized spacial score (nSPS) is 20.8. The Labute approximate surface area is 124 Å². The molecule has 0 N–H and O–H groups in total. The summed E-state index contributed by atoms with van der Waals surface area (Å²) in [6.07, 6.45) is 9.89. The summed E-state index contributed by atoms with van der Waals surface area (Å²) in [6.45, 7) is 8.13. The molecule has 2 nitrogen and oxygen atoms in total. The molecule has 0 saturated heterocycles. The van der Waals surface area contributed by atoms with Gasteiger partial charge in [-0.25, -0.2) is 0 Å². The van der Waals surface area contributed by atoms with Crippen molar-refractivity contribution < 1.29 is 0 Å². The lowest BCUT2D eigenvalue weighted by Crippen LogP contribution is -2.34. The summed E-state index contributed by atoms with van der Waals surface area (Å²) in [5, 5.41) is 2.23. The standard InChI is InChI=1S/C19H18N2/c1-4-14-8-6-10-20-18(14)16-12-13(3)17(16)19-15(5-2)9-7-11-21-19/h4-13H,1H2,2-3H3. The molecule has 0 fully saturated rings. The smallest absolute Gasteiger partial charge is 0.0774 e. The molecule has 0 saturated carbocycles. The highest BCUT2D eigenvalue weighted by molar-refractivity contribution is 6.05. The second-order valence-corrected chi connectivity index (χ2v) is 5.16. The maximum absolute atomic E-state index is 4.59. The highest BCUT2D eigenvalue weighted by Gasteiger charge is 2.26. The van der Waals surface area contributed by atoms with Crippen LogP contribution in [0.2, 0.25) is 0 Å². The molecule has 0 aromatic carbocycles. The fourth-order valence-electron chi connectivity index (χ4n) is 2.81. The molecule has 2 aromatic rings. The molecule has 0 bridgehead atoms. The van der Waals surface area contributed by atoms with Crippen molar-refractivity contribution in [2.75, 3.05) is 0 Å². The van der Waals surface area contributed by atoms with Crippen LogP contribution < -0.4 is 10.6 Å². The lowest BCUT2D eigenvalue weighted by atomic mass is 9.78. The van der Waals surface area contributed by atoms with E-state index in [9.17, 15) is 0 Å². The van der Waals surface area contributed by atoms with E-state index in [0.29, 0.717) is 5.92 Å². The maximum Gasteiger partial charge on any atom is 0.0774 e. The van der Waals surface area contributed by atoms with Crippen molar-refractivity contribution >= 4 is 23.3 Å². The Morgan fingerprint density at radius 3 is 2.62 bits per heavy atom. The number of rotatable bonds is 2. The summed E-state index contributed by atoms with van der Waals surface area (Å²) in [5.41, 5.74) is 4.50. The Morgan fingerprint density at radius 2 is 1.90 bits per heavy atom. The minimum Gasteiger partial charge on any atom is -0.256 e. The zero-order chi connectivity index (χ0) is 14.8. The summed E-state index contributed by atoms with van der Waals surface area (Å²) >= 11 is 0. The van der Waals surface area contributed by atoms with Crippen LogP contribution >= 0.6 is 0 Å². The molecule has 2 heterocycles. The summed E-state index contributed by atoms with van der Waals surface area (Å²) in [4.78, 5) is 9.13. The van der Waals surface area contributed by atoms with Crippen LogP contribution in [0.3, 0.4) is 0 Å². The molecule has 0 spiro atoms. The van der Waals surface area contributed by atoms with Gasteiger partial charge in [0.25, 0.3) is 0 Å². The van der Waals surface area contributed by atoms with E-state index in [1.165, 1.54) is 16.4 Å². The minimum atomic E-state index is 0.397. The van der Waals surface area contributed by atoms with Gasteiger partial charge in [-0.2, -0.15) is 0 Å². The van der Waals surface area contributed by atoms with Crippen LogP contribution in [0.4, 0.5) is 0 Å². The predicted octanol–water partition coefficient (Wildman–Crippen LogP) is 2.80. The number of aromatic nitrogens is 2. The van der Waals surface area contributed by atoms with Crippen molar-refractivity contribution in [3.05, 3.63) is 71.1 Å². The topological polar surface area (TPSA) is 25.8 Å². The van der Waals surface area contributed by atoms with Crippen molar-refractivity contribution in [1.82, 2.24) is 9.97 Å². The quantitative estimate of drug-likeness (QED) is 0.841. The summed E-state index contributed by atoms with van der Waals surface area (Å²) in [5.74, 6) is 0.397. The van der Waals surface area contributed by atoms with Gasteiger partial charge in [0, 0.05) is 29.4 Å². The van der Waals surface area contributed by atoms with E-state index in [4.69, 9.17) is 0 Å². The van der Waals surface area contributed by atoms with Crippen LogP contribution in [0, 0.1) is 5.92 Å². The summed E-state index contributed by atoms with van der Waals surface area (Å²) in [6, 6.07) is 8.06.